The number of aromatic carboxylic acids is 1. The predicted molar refractivity (Wildman–Crippen MR) is 74.9 cm³/mol. The summed E-state index contributed by atoms with van der Waals surface area (Å²) >= 11 is 0. The van der Waals surface area contributed by atoms with Gasteiger partial charge in [-0.15, -0.1) is 0 Å². The van der Waals surface area contributed by atoms with E-state index < -0.39 is 16.0 Å². The van der Waals surface area contributed by atoms with Gasteiger partial charge in [0.15, 0.2) is 0 Å². The van der Waals surface area contributed by atoms with Crippen molar-refractivity contribution in [2.75, 3.05) is 0 Å². The van der Waals surface area contributed by atoms with Gasteiger partial charge in [-0.3, -0.25) is 0 Å². The van der Waals surface area contributed by atoms with Crippen molar-refractivity contribution in [2.24, 2.45) is 0 Å². The van der Waals surface area contributed by atoms with E-state index in [4.69, 9.17) is 5.11 Å². The minimum Gasteiger partial charge on any atom is -0.478 e. The van der Waals surface area contributed by atoms with Crippen LogP contribution in [-0.4, -0.2) is 29.7 Å². The minimum atomic E-state index is -3.59. The second-order valence-electron chi connectivity index (χ2n) is 4.30. The maximum absolute atomic E-state index is 11.9. The van der Waals surface area contributed by atoms with Gasteiger partial charge in [0.1, 0.15) is 0 Å². The summed E-state index contributed by atoms with van der Waals surface area (Å²) in [6, 6.07) is 9.13. The molecule has 0 radical (unpaired) electrons. The number of benzene rings is 1. The lowest BCUT2D eigenvalue weighted by atomic mass is 10.1. The van der Waals surface area contributed by atoms with Crippen LogP contribution < -0.4 is 4.72 Å². The van der Waals surface area contributed by atoms with Crippen molar-refractivity contribution in [1.29, 1.82) is 0 Å². The summed E-state index contributed by atoms with van der Waals surface area (Å²) in [6.45, 7) is 0.0365. The highest BCUT2D eigenvalue weighted by Crippen LogP contribution is 2.09. The first-order valence-corrected chi connectivity index (χ1v) is 7.68. The Morgan fingerprint density at radius 2 is 2.05 bits per heavy atom. The molecule has 2 aromatic rings. The molecule has 8 heteroatoms. The zero-order valence-electron chi connectivity index (χ0n) is 10.9. The van der Waals surface area contributed by atoms with Crippen LogP contribution in [0.2, 0.25) is 0 Å². The zero-order chi connectivity index (χ0) is 15.3. The number of sulfonamides is 1. The fourth-order valence-electron chi connectivity index (χ4n) is 1.68. The average molecular weight is 307 g/mol. The van der Waals surface area contributed by atoms with Crippen molar-refractivity contribution >= 4 is 16.0 Å². The lowest BCUT2D eigenvalue weighted by Crippen LogP contribution is -2.25. The Morgan fingerprint density at radius 3 is 2.71 bits per heavy atom. The number of carboxylic acid groups (broad SMARTS) is 1. The van der Waals surface area contributed by atoms with Gasteiger partial charge in [-0.25, -0.2) is 17.9 Å². The van der Waals surface area contributed by atoms with Crippen LogP contribution in [0.25, 0.3) is 0 Å². The quantitative estimate of drug-likeness (QED) is 0.816. The smallest absolute Gasteiger partial charge is 0.335 e. The van der Waals surface area contributed by atoms with Crippen LogP contribution in [0.4, 0.5) is 0 Å². The number of carboxylic acids is 1. The third-order valence-electron chi connectivity index (χ3n) is 2.63. The molecule has 0 saturated heterocycles. The SMILES string of the molecule is O=C(O)c1cccc(CS(=O)(=O)NCc2cccnn2)c1. The second-order valence-corrected chi connectivity index (χ2v) is 6.11. The van der Waals surface area contributed by atoms with Crippen LogP contribution in [0.1, 0.15) is 21.6 Å². The van der Waals surface area contributed by atoms with Gasteiger partial charge in [-0.1, -0.05) is 12.1 Å². The maximum atomic E-state index is 11.9. The van der Waals surface area contributed by atoms with Gasteiger partial charge >= 0.3 is 5.97 Å². The summed E-state index contributed by atoms with van der Waals surface area (Å²) in [5.41, 5.74) is 0.957. The number of rotatable bonds is 6. The van der Waals surface area contributed by atoms with Gasteiger partial charge in [0, 0.05) is 6.20 Å². The number of aromatic nitrogens is 2. The molecule has 1 heterocycles. The molecule has 0 atom stereocenters. The van der Waals surface area contributed by atoms with Crippen LogP contribution >= 0.6 is 0 Å². The van der Waals surface area contributed by atoms with Gasteiger partial charge in [-0.05, 0) is 29.8 Å². The first kappa shape index (κ1) is 15.1. The van der Waals surface area contributed by atoms with E-state index >= 15 is 0 Å². The summed E-state index contributed by atoms with van der Waals surface area (Å²) in [6.07, 6.45) is 1.50. The van der Waals surface area contributed by atoms with Crippen LogP contribution in [0, 0.1) is 0 Å². The van der Waals surface area contributed by atoms with Crippen molar-refractivity contribution in [1.82, 2.24) is 14.9 Å². The van der Waals surface area contributed by atoms with Gasteiger partial charge < -0.3 is 5.11 Å². The summed E-state index contributed by atoms with van der Waals surface area (Å²) in [7, 11) is -3.59. The van der Waals surface area contributed by atoms with E-state index in [1.807, 2.05) is 0 Å². The zero-order valence-corrected chi connectivity index (χ0v) is 11.7. The Labute approximate surface area is 121 Å². The molecule has 7 nitrogen and oxygen atoms in total. The molecule has 0 aliphatic rings. The standard InChI is InChI=1S/C13H13N3O4S/c17-13(18)11-4-1-3-10(7-11)9-21(19,20)15-8-12-5-2-6-14-16-12/h1-7,15H,8-9H2,(H,17,18). The number of hydrogen-bond acceptors (Lipinski definition) is 5. The molecule has 0 aliphatic carbocycles. The lowest BCUT2D eigenvalue weighted by molar-refractivity contribution is 0.0696. The normalized spacial score (nSPS) is 11.2. The first-order chi connectivity index (χ1) is 9.96. The molecule has 2 rings (SSSR count). The van der Waals surface area contributed by atoms with E-state index in [9.17, 15) is 13.2 Å². The fourth-order valence-corrected chi connectivity index (χ4v) is 2.76. The van der Waals surface area contributed by atoms with Gasteiger partial charge in [0.2, 0.25) is 10.0 Å². The highest BCUT2D eigenvalue weighted by Gasteiger charge is 2.13. The Morgan fingerprint density at radius 1 is 1.24 bits per heavy atom. The van der Waals surface area contributed by atoms with Crippen molar-refractivity contribution in [3.63, 3.8) is 0 Å². The molecule has 2 N–H and O–H groups in total. The van der Waals surface area contributed by atoms with Gasteiger partial charge in [0.05, 0.1) is 23.6 Å². The van der Waals surface area contributed by atoms with Crippen LogP contribution in [-0.2, 0) is 22.3 Å². The number of hydrogen-bond donors (Lipinski definition) is 2. The third-order valence-corrected chi connectivity index (χ3v) is 3.93. The molecule has 0 saturated carbocycles. The molecule has 0 unspecified atom stereocenters. The highest BCUT2D eigenvalue weighted by molar-refractivity contribution is 7.88. The average Bonchev–Trinajstić information content (AvgIpc) is 2.46. The topological polar surface area (TPSA) is 109 Å². The van der Waals surface area contributed by atoms with E-state index in [1.54, 1.807) is 18.2 Å². The molecule has 21 heavy (non-hydrogen) atoms. The number of carbonyl (C=O) groups is 1. The molecule has 0 spiro atoms. The number of nitrogens with zero attached hydrogens (tertiary/aromatic N) is 2. The van der Waals surface area contributed by atoms with Gasteiger partial charge in [0.25, 0.3) is 0 Å². The predicted octanol–water partition coefficient (Wildman–Crippen LogP) is 0.794. The molecular weight excluding hydrogens is 294 g/mol. The molecule has 0 amide bonds. The van der Waals surface area contributed by atoms with Crippen LogP contribution in [0.3, 0.4) is 0 Å². The molecule has 0 bridgehead atoms. The van der Waals surface area contributed by atoms with Crippen molar-refractivity contribution in [3.8, 4) is 0 Å². The summed E-state index contributed by atoms with van der Waals surface area (Å²) in [4.78, 5) is 10.8. The third kappa shape index (κ3) is 4.62. The minimum absolute atomic E-state index is 0.0365. The van der Waals surface area contributed by atoms with E-state index in [0.717, 1.165) is 0 Å². The molecule has 0 aliphatic heterocycles. The second kappa shape index (κ2) is 6.42. The van der Waals surface area contributed by atoms with Crippen LogP contribution in [0.15, 0.2) is 42.6 Å². The Kier molecular flexibility index (Phi) is 4.61. The Balaban J connectivity index is 2.04. The molecule has 110 valence electrons. The van der Waals surface area contributed by atoms with Gasteiger partial charge in [-0.2, -0.15) is 10.2 Å². The largest absolute Gasteiger partial charge is 0.478 e. The maximum Gasteiger partial charge on any atom is 0.335 e. The van der Waals surface area contributed by atoms with E-state index in [-0.39, 0.29) is 17.9 Å². The van der Waals surface area contributed by atoms with E-state index in [1.165, 1.54) is 24.4 Å². The fraction of sp³-hybridized carbons (Fsp3) is 0.154. The lowest BCUT2D eigenvalue weighted by Gasteiger charge is -2.06. The molecular formula is C13H13N3O4S. The van der Waals surface area contributed by atoms with Crippen molar-refractivity contribution in [3.05, 3.63) is 59.4 Å². The van der Waals surface area contributed by atoms with Crippen molar-refractivity contribution in [2.45, 2.75) is 12.3 Å². The molecule has 0 fully saturated rings. The molecule has 1 aromatic heterocycles. The number of nitrogens with one attached hydrogen (secondary N) is 1. The molecule has 1 aromatic carbocycles. The highest BCUT2D eigenvalue weighted by atomic mass is 32.2. The summed E-state index contributed by atoms with van der Waals surface area (Å²) in [5, 5.41) is 16.3. The van der Waals surface area contributed by atoms with Crippen LogP contribution in [0.5, 0.6) is 0 Å². The van der Waals surface area contributed by atoms with E-state index in [0.29, 0.717) is 11.3 Å². The van der Waals surface area contributed by atoms with Crippen molar-refractivity contribution < 1.29 is 18.3 Å². The monoisotopic (exact) mass is 307 g/mol. The summed E-state index contributed by atoms with van der Waals surface area (Å²) < 4.78 is 26.3. The Hall–Kier alpha value is -2.32. The first-order valence-electron chi connectivity index (χ1n) is 6.02. The Bertz CT molecular complexity index is 732. The summed E-state index contributed by atoms with van der Waals surface area (Å²) in [5.74, 6) is -1.39. The van der Waals surface area contributed by atoms with E-state index in [2.05, 4.69) is 14.9 Å².